The largest absolute Gasteiger partial charge is 0.327 e. The maximum Gasteiger partial charge on any atom is 0.281 e. The van der Waals surface area contributed by atoms with E-state index in [1.807, 2.05) is 30.3 Å². The molecule has 1 aliphatic heterocycles. The summed E-state index contributed by atoms with van der Waals surface area (Å²) in [6, 6.07) is 13.4. The van der Waals surface area contributed by atoms with Gasteiger partial charge in [-0.2, -0.15) is 0 Å². The van der Waals surface area contributed by atoms with Crippen molar-refractivity contribution in [2.45, 2.75) is 0 Å². The monoisotopic (exact) mass is 332 g/mol. The molecule has 2 aromatic rings. The first kappa shape index (κ1) is 14.7. The zero-order valence-corrected chi connectivity index (χ0v) is 12.8. The molecule has 0 radical (unpaired) electrons. The maximum absolute atomic E-state index is 13.2. The van der Waals surface area contributed by atoms with Crippen molar-refractivity contribution in [1.82, 2.24) is 5.32 Å². The number of carbonyl (C=O) groups is 1. The number of benzene rings is 2. The second-order valence-corrected chi connectivity index (χ2v) is 5.43. The molecule has 1 amide bonds. The number of carbonyl (C=O) groups excluding carboxylic acids is 1. The van der Waals surface area contributed by atoms with Crippen LogP contribution in [0.25, 0.3) is 6.08 Å². The van der Waals surface area contributed by atoms with Gasteiger partial charge in [0.2, 0.25) is 0 Å². The van der Waals surface area contributed by atoms with Crippen LogP contribution in [-0.4, -0.2) is 11.0 Å². The van der Waals surface area contributed by atoms with Crippen molar-refractivity contribution in [3.8, 4) is 0 Å². The maximum atomic E-state index is 13.2. The quantitative estimate of drug-likeness (QED) is 0.671. The van der Waals surface area contributed by atoms with E-state index in [9.17, 15) is 9.18 Å². The summed E-state index contributed by atoms with van der Waals surface area (Å²) in [6.45, 7) is 0. The Morgan fingerprint density at radius 1 is 1.18 bits per heavy atom. The minimum Gasteiger partial charge on any atom is -0.327 e. The fourth-order valence-corrected chi connectivity index (χ4v) is 2.58. The lowest BCUT2D eigenvalue weighted by Crippen LogP contribution is -2.30. The van der Waals surface area contributed by atoms with Crippen molar-refractivity contribution in [2.24, 2.45) is 0 Å². The van der Waals surface area contributed by atoms with E-state index in [0.29, 0.717) is 11.4 Å². The number of nitrogens with zero attached hydrogens (tertiary/aromatic N) is 1. The van der Waals surface area contributed by atoms with Gasteiger partial charge < -0.3 is 5.32 Å². The predicted octanol–water partition coefficient (Wildman–Crippen LogP) is 3.74. The second-order valence-electron chi connectivity index (χ2n) is 4.64. The molecule has 1 fully saturated rings. The third kappa shape index (κ3) is 2.73. The molecule has 3 nitrogen and oxygen atoms in total. The molecular formula is C16H10ClFN2OS. The van der Waals surface area contributed by atoms with Gasteiger partial charge in [0, 0.05) is 0 Å². The van der Waals surface area contributed by atoms with Gasteiger partial charge in [-0.15, -0.1) is 0 Å². The molecule has 6 heteroatoms. The van der Waals surface area contributed by atoms with Gasteiger partial charge in [0.05, 0.1) is 10.7 Å². The first-order valence-electron chi connectivity index (χ1n) is 6.43. The molecular weight excluding hydrogens is 323 g/mol. The van der Waals surface area contributed by atoms with Crippen LogP contribution >= 0.6 is 23.8 Å². The number of hydrogen-bond acceptors (Lipinski definition) is 2. The fraction of sp³-hybridized carbons (Fsp3) is 0. The Kier molecular flexibility index (Phi) is 3.92. The van der Waals surface area contributed by atoms with E-state index in [2.05, 4.69) is 5.32 Å². The third-order valence-corrected chi connectivity index (χ3v) is 3.72. The molecule has 0 atom stereocenters. The lowest BCUT2D eigenvalue weighted by molar-refractivity contribution is -0.113. The van der Waals surface area contributed by atoms with Gasteiger partial charge >= 0.3 is 0 Å². The van der Waals surface area contributed by atoms with Crippen LogP contribution in [0.4, 0.5) is 10.1 Å². The van der Waals surface area contributed by atoms with Crippen LogP contribution in [-0.2, 0) is 4.79 Å². The first-order valence-corrected chi connectivity index (χ1v) is 7.22. The van der Waals surface area contributed by atoms with Crippen LogP contribution < -0.4 is 10.2 Å². The summed E-state index contributed by atoms with van der Waals surface area (Å²) in [5, 5.41) is 3.04. The van der Waals surface area contributed by atoms with Gasteiger partial charge in [0.1, 0.15) is 11.5 Å². The molecule has 110 valence electrons. The SMILES string of the molecule is O=C1/C(=C\c2ccccc2)NC(=S)N1c1ccc(F)c(Cl)c1. The highest BCUT2D eigenvalue weighted by atomic mass is 35.5. The van der Waals surface area contributed by atoms with Crippen LogP contribution in [0.5, 0.6) is 0 Å². The summed E-state index contributed by atoms with van der Waals surface area (Å²) in [7, 11) is 0. The molecule has 1 aliphatic rings. The highest BCUT2D eigenvalue weighted by Gasteiger charge is 2.32. The fourth-order valence-electron chi connectivity index (χ4n) is 2.11. The molecule has 0 bridgehead atoms. The zero-order chi connectivity index (χ0) is 15.7. The van der Waals surface area contributed by atoms with Crippen molar-refractivity contribution in [3.05, 3.63) is 70.6 Å². The Balaban J connectivity index is 1.95. The number of rotatable bonds is 2. The summed E-state index contributed by atoms with van der Waals surface area (Å²) in [4.78, 5) is 13.8. The summed E-state index contributed by atoms with van der Waals surface area (Å²) in [5.74, 6) is -0.854. The summed E-state index contributed by atoms with van der Waals surface area (Å²) < 4.78 is 13.2. The number of thiocarbonyl (C=S) groups is 1. The molecule has 22 heavy (non-hydrogen) atoms. The average Bonchev–Trinajstić information content (AvgIpc) is 2.78. The van der Waals surface area contributed by atoms with Crippen molar-refractivity contribution in [3.63, 3.8) is 0 Å². The predicted molar refractivity (Wildman–Crippen MR) is 89.0 cm³/mol. The normalized spacial score (nSPS) is 16.3. The van der Waals surface area contributed by atoms with Crippen molar-refractivity contribution in [2.75, 3.05) is 4.90 Å². The Morgan fingerprint density at radius 3 is 2.59 bits per heavy atom. The van der Waals surface area contributed by atoms with Crippen LogP contribution in [0.2, 0.25) is 5.02 Å². The number of nitrogens with one attached hydrogen (secondary N) is 1. The Hall–Kier alpha value is -2.24. The highest BCUT2D eigenvalue weighted by molar-refractivity contribution is 7.80. The van der Waals surface area contributed by atoms with Gasteiger partial charge in [-0.3, -0.25) is 9.69 Å². The molecule has 0 unspecified atom stereocenters. The van der Waals surface area contributed by atoms with Gasteiger partial charge in [-0.05, 0) is 42.1 Å². The van der Waals surface area contributed by atoms with Gasteiger partial charge in [-0.25, -0.2) is 4.39 Å². The summed E-state index contributed by atoms with van der Waals surface area (Å²) in [5.41, 5.74) is 1.65. The lowest BCUT2D eigenvalue weighted by atomic mass is 10.2. The summed E-state index contributed by atoms with van der Waals surface area (Å²) >= 11 is 10.9. The van der Waals surface area contributed by atoms with Crippen molar-refractivity contribution in [1.29, 1.82) is 0 Å². The van der Waals surface area contributed by atoms with Gasteiger partial charge in [0.15, 0.2) is 5.11 Å². The number of halogens is 2. The van der Waals surface area contributed by atoms with Crippen LogP contribution in [0.15, 0.2) is 54.2 Å². The average molecular weight is 333 g/mol. The Morgan fingerprint density at radius 2 is 1.91 bits per heavy atom. The van der Waals surface area contributed by atoms with E-state index in [1.54, 1.807) is 6.08 Å². The van der Waals surface area contributed by atoms with Crippen LogP contribution in [0.3, 0.4) is 0 Å². The molecule has 2 aromatic carbocycles. The molecule has 0 spiro atoms. The molecule has 0 saturated carbocycles. The molecule has 0 aromatic heterocycles. The molecule has 1 saturated heterocycles. The third-order valence-electron chi connectivity index (χ3n) is 3.15. The molecule has 3 rings (SSSR count). The number of amides is 1. The van der Waals surface area contributed by atoms with Crippen molar-refractivity contribution < 1.29 is 9.18 Å². The minimum absolute atomic E-state index is 0.0615. The number of hydrogen-bond donors (Lipinski definition) is 1. The standard InChI is InChI=1S/C16H10ClFN2OS/c17-12-9-11(6-7-13(12)18)20-15(21)14(19-16(20)22)8-10-4-2-1-3-5-10/h1-9H,(H,19,22)/b14-8+. The highest BCUT2D eigenvalue weighted by Crippen LogP contribution is 2.26. The first-order chi connectivity index (χ1) is 10.6. The van der Waals surface area contributed by atoms with E-state index in [1.165, 1.54) is 23.1 Å². The van der Waals surface area contributed by atoms with E-state index in [4.69, 9.17) is 23.8 Å². The molecule has 1 N–H and O–H groups in total. The minimum atomic E-state index is -0.545. The van der Waals surface area contributed by atoms with E-state index >= 15 is 0 Å². The topological polar surface area (TPSA) is 32.3 Å². The zero-order valence-electron chi connectivity index (χ0n) is 11.2. The lowest BCUT2D eigenvalue weighted by Gasteiger charge is -2.14. The van der Waals surface area contributed by atoms with Gasteiger partial charge in [-0.1, -0.05) is 41.9 Å². The van der Waals surface area contributed by atoms with E-state index in [-0.39, 0.29) is 16.0 Å². The van der Waals surface area contributed by atoms with E-state index in [0.717, 1.165) is 5.56 Å². The summed E-state index contributed by atoms with van der Waals surface area (Å²) in [6.07, 6.45) is 1.71. The molecule has 1 heterocycles. The Labute approximate surface area is 137 Å². The van der Waals surface area contributed by atoms with Crippen LogP contribution in [0, 0.1) is 5.82 Å². The molecule has 0 aliphatic carbocycles. The van der Waals surface area contributed by atoms with E-state index < -0.39 is 5.82 Å². The van der Waals surface area contributed by atoms with Crippen molar-refractivity contribution >= 4 is 46.6 Å². The Bertz CT molecular complexity index is 792. The van der Waals surface area contributed by atoms with Crippen LogP contribution in [0.1, 0.15) is 5.56 Å². The van der Waals surface area contributed by atoms with Gasteiger partial charge in [0.25, 0.3) is 5.91 Å². The smallest absolute Gasteiger partial charge is 0.281 e. The number of anilines is 1. The second kappa shape index (κ2) is 5.87.